The number of nitrogens with one attached hydrogen (secondary N) is 4. The van der Waals surface area contributed by atoms with Gasteiger partial charge in [-0.2, -0.15) is 5.10 Å². The third kappa shape index (κ3) is 7.08. The summed E-state index contributed by atoms with van der Waals surface area (Å²) in [5.41, 5.74) is 4.36. The van der Waals surface area contributed by atoms with Crippen molar-refractivity contribution in [3.63, 3.8) is 0 Å². The number of carbonyl (C=O) groups excluding carboxylic acids is 2. The molecule has 0 radical (unpaired) electrons. The average Bonchev–Trinajstić information content (AvgIpc) is 3.41. The van der Waals surface area contributed by atoms with E-state index in [2.05, 4.69) is 31.3 Å². The number of amides is 4. The zero-order valence-corrected chi connectivity index (χ0v) is 24.7. The Hall–Kier alpha value is -6.16. The van der Waals surface area contributed by atoms with E-state index in [1.54, 1.807) is 35.1 Å². The minimum absolute atomic E-state index is 0.345. The lowest BCUT2D eigenvalue weighted by molar-refractivity contribution is 0.251. The summed E-state index contributed by atoms with van der Waals surface area (Å²) >= 11 is 0. The summed E-state index contributed by atoms with van der Waals surface area (Å²) in [6.45, 7) is 4.29. The lowest BCUT2D eigenvalue weighted by Gasteiger charge is -2.15. The van der Waals surface area contributed by atoms with Crippen LogP contribution in [0.3, 0.4) is 0 Å². The van der Waals surface area contributed by atoms with Crippen LogP contribution in [0.1, 0.15) is 16.8 Å². The molecule has 2 aromatic heterocycles. The molecule has 45 heavy (non-hydrogen) atoms. The molecule has 0 fully saturated rings. The number of hydrogen-bond donors (Lipinski definition) is 4. The van der Waals surface area contributed by atoms with E-state index in [-0.39, 0.29) is 6.03 Å². The number of pyridine rings is 1. The smallest absolute Gasteiger partial charge is 0.324 e. The molecule has 0 spiro atoms. The van der Waals surface area contributed by atoms with Crippen LogP contribution in [0.25, 0.3) is 16.5 Å². The Labute approximate surface area is 260 Å². The Morgan fingerprint density at radius 2 is 1.51 bits per heavy atom. The molecule has 0 bridgehead atoms. The Morgan fingerprint density at radius 1 is 0.756 bits per heavy atom. The second-order valence-electron chi connectivity index (χ2n) is 10.4. The van der Waals surface area contributed by atoms with Gasteiger partial charge in [-0.15, -0.1) is 0 Å². The maximum atomic E-state index is 13.2. The maximum Gasteiger partial charge on any atom is 0.324 e. The molecule has 4 amide bonds. The summed E-state index contributed by atoms with van der Waals surface area (Å²) in [7, 11) is 0. The average molecular weight is 598 g/mol. The van der Waals surface area contributed by atoms with Crippen molar-refractivity contribution >= 4 is 40.2 Å². The molecule has 10 heteroatoms. The number of benzene rings is 4. The number of ether oxygens (including phenoxy) is 1. The van der Waals surface area contributed by atoms with Gasteiger partial charge in [0.25, 0.3) is 0 Å². The van der Waals surface area contributed by atoms with Crippen molar-refractivity contribution in [2.75, 3.05) is 16.0 Å². The number of hydrogen-bond acceptors (Lipinski definition) is 5. The summed E-state index contributed by atoms with van der Waals surface area (Å²) in [6.07, 6.45) is 1.56. The van der Waals surface area contributed by atoms with E-state index >= 15 is 0 Å². The van der Waals surface area contributed by atoms with Crippen molar-refractivity contribution in [1.82, 2.24) is 20.1 Å². The molecule has 6 rings (SSSR count). The van der Waals surface area contributed by atoms with Gasteiger partial charge in [-0.1, -0.05) is 72.3 Å². The number of aryl methyl sites for hydroxylation is 2. The fourth-order valence-electron chi connectivity index (χ4n) is 4.82. The molecule has 2 heterocycles. The summed E-state index contributed by atoms with van der Waals surface area (Å²) in [4.78, 5) is 29.8. The van der Waals surface area contributed by atoms with Crippen LogP contribution < -0.4 is 26.0 Å². The van der Waals surface area contributed by atoms with E-state index in [1.165, 1.54) is 0 Å². The molecule has 0 unspecified atom stereocenters. The molecule has 0 aliphatic carbocycles. The first-order valence-electron chi connectivity index (χ1n) is 14.4. The van der Waals surface area contributed by atoms with E-state index in [9.17, 15) is 9.59 Å². The molecule has 224 valence electrons. The lowest BCUT2D eigenvalue weighted by Crippen LogP contribution is -2.28. The Bertz CT molecular complexity index is 1970. The lowest BCUT2D eigenvalue weighted by atomic mass is 10.1. The van der Waals surface area contributed by atoms with Gasteiger partial charge < -0.3 is 15.4 Å². The number of rotatable bonds is 8. The predicted molar refractivity (Wildman–Crippen MR) is 176 cm³/mol. The van der Waals surface area contributed by atoms with E-state index in [1.807, 2.05) is 98.8 Å². The third-order valence-electron chi connectivity index (χ3n) is 6.98. The number of nitrogens with zero attached hydrogens (tertiary/aromatic N) is 3. The van der Waals surface area contributed by atoms with E-state index in [0.29, 0.717) is 35.4 Å². The minimum Gasteiger partial charge on any atom is -0.457 e. The number of fused-ring (bicyclic) bond motifs is 1. The van der Waals surface area contributed by atoms with Crippen LogP contribution >= 0.6 is 0 Å². The Kier molecular flexibility index (Phi) is 8.36. The topological polar surface area (TPSA) is 122 Å². The highest BCUT2D eigenvalue weighted by atomic mass is 16.5. The summed E-state index contributed by atoms with van der Waals surface area (Å²) < 4.78 is 7.93. The van der Waals surface area contributed by atoms with Crippen molar-refractivity contribution in [1.29, 1.82) is 0 Å². The monoisotopic (exact) mass is 597 g/mol. The molecule has 0 saturated heterocycles. The molecule has 6 aromatic rings. The third-order valence-corrected chi connectivity index (χ3v) is 6.98. The highest BCUT2D eigenvalue weighted by molar-refractivity contribution is 6.07. The van der Waals surface area contributed by atoms with Crippen LogP contribution in [-0.2, 0) is 6.54 Å². The van der Waals surface area contributed by atoms with Crippen molar-refractivity contribution < 1.29 is 14.3 Å². The first-order valence-corrected chi connectivity index (χ1v) is 14.4. The second kappa shape index (κ2) is 13.0. The van der Waals surface area contributed by atoms with Crippen LogP contribution in [0.2, 0.25) is 0 Å². The molecule has 4 N–H and O–H groups in total. The Balaban J connectivity index is 1.15. The molecule has 4 aromatic carbocycles. The molecule has 0 aliphatic rings. The van der Waals surface area contributed by atoms with Gasteiger partial charge in [0.1, 0.15) is 23.1 Å². The summed E-state index contributed by atoms with van der Waals surface area (Å²) in [6, 6.07) is 33.2. The fourth-order valence-corrected chi connectivity index (χ4v) is 4.82. The summed E-state index contributed by atoms with van der Waals surface area (Å²) in [5, 5.41) is 17.6. The minimum atomic E-state index is -0.405. The SMILES string of the molecule is Cc1ccc(-n2nc(C)cc2NC(=O)Nc2ccc(Oc3ccnc(NC(=O)NCc4ccccc4)c3)c3ccccc23)cc1. The van der Waals surface area contributed by atoms with Crippen LogP contribution in [0.5, 0.6) is 11.5 Å². The standard InChI is InChI=1S/C35H31N7O3/c1-23-12-14-26(15-13-23)42-33(20-24(2)41-42)40-35(44)38-30-16-17-31(29-11-7-6-10-28(29)30)45-27-18-19-36-32(21-27)39-34(43)37-22-25-8-4-3-5-9-25/h3-21H,22H2,1-2H3,(H2,38,40,44)(H2,36,37,39,43). The van der Waals surface area contributed by atoms with E-state index in [4.69, 9.17) is 4.74 Å². The van der Waals surface area contributed by atoms with Gasteiger partial charge in [-0.25, -0.2) is 19.3 Å². The maximum absolute atomic E-state index is 13.2. The predicted octanol–water partition coefficient (Wildman–Crippen LogP) is 7.80. The van der Waals surface area contributed by atoms with Gasteiger partial charge in [0.05, 0.1) is 17.1 Å². The van der Waals surface area contributed by atoms with E-state index in [0.717, 1.165) is 33.3 Å². The first-order chi connectivity index (χ1) is 21.9. The molecule has 0 saturated carbocycles. The van der Waals surface area contributed by atoms with Gasteiger partial charge >= 0.3 is 12.1 Å². The van der Waals surface area contributed by atoms with Gasteiger partial charge in [0.15, 0.2) is 0 Å². The second-order valence-corrected chi connectivity index (χ2v) is 10.4. The number of urea groups is 2. The quantitative estimate of drug-likeness (QED) is 0.143. The Morgan fingerprint density at radius 3 is 2.31 bits per heavy atom. The molecule has 0 atom stereocenters. The van der Waals surface area contributed by atoms with Crippen LogP contribution in [0.15, 0.2) is 115 Å². The number of aromatic nitrogens is 3. The van der Waals surface area contributed by atoms with Gasteiger partial charge in [-0.05, 0) is 49.7 Å². The van der Waals surface area contributed by atoms with E-state index < -0.39 is 6.03 Å². The molecule has 10 nitrogen and oxygen atoms in total. The molecular weight excluding hydrogens is 566 g/mol. The van der Waals surface area contributed by atoms with Gasteiger partial charge in [0, 0.05) is 35.6 Å². The van der Waals surface area contributed by atoms with Crippen LogP contribution in [0, 0.1) is 13.8 Å². The van der Waals surface area contributed by atoms with Crippen molar-refractivity contribution in [3.8, 4) is 17.2 Å². The zero-order valence-electron chi connectivity index (χ0n) is 24.7. The number of carbonyl (C=O) groups is 2. The van der Waals surface area contributed by atoms with Crippen molar-refractivity contribution in [3.05, 3.63) is 132 Å². The highest BCUT2D eigenvalue weighted by Crippen LogP contribution is 2.35. The number of anilines is 3. The zero-order chi connectivity index (χ0) is 31.2. The van der Waals surface area contributed by atoms with Crippen LogP contribution in [-0.4, -0.2) is 26.8 Å². The fraction of sp³-hybridized carbons (Fsp3) is 0.0857. The van der Waals surface area contributed by atoms with Crippen molar-refractivity contribution in [2.24, 2.45) is 0 Å². The van der Waals surface area contributed by atoms with Gasteiger partial charge in [0.2, 0.25) is 0 Å². The molecular formula is C35H31N7O3. The normalized spacial score (nSPS) is 10.7. The molecule has 0 aliphatic heterocycles. The van der Waals surface area contributed by atoms with Crippen molar-refractivity contribution in [2.45, 2.75) is 20.4 Å². The summed E-state index contributed by atoms with van der Waals surface area (Å²) in [5.74, 6) is 1.97. The van der Waals surface area contributed by atoms with Crippen LogP contribution in [0.4, 0.5) is 26.9 Å². The van der Waals surface area contributed by atoms with Gasteiger partial charge in [-0.3, -0.25) is 10.6 Å². The largest absolute Gasteiger partial charge is 0.457 e. The first kappa shape index (κ1) is 28.9. The highest BCUT2D eigenvalue weighted by Gasteiger charge is 2.14.